The Morgan fingerprint density at radius 1 is 1.04 bits per heavy atom. The highest BCUT2D eigenvalue weighted by Gasteiger charge is 2.31. The highest BCUT2D eigenvalue weighted by Crippen LogP contribution is 2.49. The molecule has 2 aromatic heterocycles. The fourth-order valence-electron chi connectivity index (χ4n) is 5.11. The Balaban J connectivity index is 1.69. The van der Waals surface area contributed by atoms with Crippen molar-refractivity contribution in [1.29, 1.82) is 0 Å². The van der Waals surface area contributed by atoms with Crippen LogP contribution in [0.4, 0.5) is 0 Å². The van der Waals surface area contributed by atoms with E-state index in [1.54, 1.807) is 6.26 Å². The summed E-state index contributed by atoms with van der Waals surface area (Å²) in [5, 5.41) is 3.65. The highest BCUT2D eigenvalue weighted by atomic mass is 16.5. The van der Waals surface area contributed by atoms with E-state index >= 15 is 0 Å². The maximum Gasteiger partial charge on any atom is 0.228 e. The van der Waals surface area contributed by atoms with Crippen LogP contribution in [0.1, 0.15) is 42.7 Å². The van der Waals surface area contributed by atoms with Gasteiger partial charge in [-0.3, -0.25) is 0 Å². The van der Waals surface area contributed by atoms with Gasteiger partial charge in [-0.2, -0.15) is 0 Å². The molecule has 0 N–H and O–H groups in total. The molecule has 0 bridgehead atoms. The molecule has 0 unspecified atom stereocenters. The van der Waals surface area contributed by atoms with E-state index in [0.29, 0.717) is 5.92 Å². The smallest absolute Gasteiger partial charge is 0.228 e. The predicted molar refractivity (Wildman–Crippen MR) is 106 cm³/mol. The second kappa shape index (κ2) is 5.35. The minimum atomic E-state index is 0.669. The van der Waals surface area contributed by atoms with Gasteiger partial charge in [-0.05, 0) is 54.3 Å². The van der Waals surface area contributed by atoms with E-state index in [1.807, 2.05) is 12.1 Å². The first kappa shape index (κ1) is 15.3. The molecule has 2 aromatic carbocycles. The number of benzene rings is 2. The summed E-state index contributed by atoms with van der Waals surface area (Å²) >= 11 is 0. The summed E-state index contributed by atoms with van der Waals surface area (Å²) in [5.74, 6) is 2.55. The summed E-state index contributed by atoms with van der Waals surface area (Å²) in [5.41, 5.74) is 5.94. The minimum absolute atomic E-state index is 0.669. The summed E-state index contributed by atoms with van der Waals surface area (Å²) in [6, 6.07) is 11.0. The molecule has 0 atom stereocenters. The largest absolute Gasteiger partial charge is 0.464 e. The SMILES string of the molecule is Cc1c2c(cc3occc13)Oc1cc(C3CCCC3)cc3cc[n+](C)c-2c13. The molecular formula is C24H22NO2+. The maximum atomic E-state index is 6.49. The van der Waals surface area contributed by atoms with E-state index in [4.69, 9.17) is 9.15 Å². The summed E-state index contributed by atoms with van der Waals surface area (Å²) in [7, 11) is 2.12. The Kier molecular flexibility index (Phi) is 3.03. The normalized spacial score (nSPS) is 16.1. The average molecular weight is 356 g/mol. The van der Waals surface area contributed by atoms with E-state index in [0.717, 1.165) is 22.5 Å². The number of pyridine rings is 1. The van der Waals surface area contributed by atoms with Crippen LogP contribution in [0, 0.1) is 6.92 Å². The van der Waals surface area contributed by atoms with Gasteiger partial charge in [0.25, 0.3) is 0 Å². The lowest BCUT2D eigenvalue weighted by Gasteiger charge is -2.22. The van der Waals surface area contributed by atoms with Crippen molar-refractivity contribution in [2.45, 2.75) is 38.5 Å². The molecule has 3 nitrogen and oxygen atoms in total. The number of aromatic nitrogens is 1. The standard InChI is InChI=1S/C24H22NO2/c1-14-18-8-10-26-19(18)13-21-22(14)24-23-16(7-9-25(24)2)11-17(12-20(23)27-21)15-5-3-4-6-15/h7-13,15H,3-6H2,1-2H3/q+1. The summed E-state index contributed by atoms with van der Waals surface area (Å²) in [4.78, 5) is 0. The fourth-order valence-corrected chi connectivity index (χ4v) is 5.11. The molecule has 134 valence electrons. The molecule has 0 saturated heterocycles. The number of ether oxygens (including phenoxy) is 1. The predicted octanol–water partition coefficient (Wildman–Crippen LogP) is 6.15. The average Bonchev–Trinajstić information content (AvgIpc) is 3.35. The third-order valence-electron chi connectivity index (χ3n) is 6.49. The van der Waals surface area contributed by atoms with Crippen LogP contribution in [0.15, 0.2) is 47.2 Å². The quantitative estimate of drug-likeness (QED) is 0.337. The van der Waals surface area contributed by atoms with Gasteiger partial charge in [0.1, 0.15) is 24.1 Å². The van der Waals surface area contributed by atoms with Gasteiger partial charge in [0, 0.05) is 17.5 Å². The van der Waals surface area contributed by atoms with Crippen LogP contribution in [-0.2, 0) is 7.05 Å². The van der Waals surface area contributed by atoms with Gasteiger partial charge in [0.05, 0.1) is 17.2 Å². The fraction of sp³-hybridized carbons (Fsp3) is 0.292. The second-order valence-corrected chi connectivity index (χ2v) is 8.05. The van der Waals surface area contributed by atoms with E-state index < -0.39 is 0 Å². The molecule has 2 aliphatic rings. The molecule has 3 heterocycles. The van der Waals surface area contributed by atoms with E-state index in [2.05, 4.69) is 42.9 Å². The zero-order valence-electron chi connectivity index (χ0n) is 15.7. The molecule has 3 heteroatoms. The number of nitrogens with zero attached hydrogens (tertiary/aromatic N) is 1. The van der Waals surface area contributed by atoms with E-state index in [1.165, 1.54) is 58.8 Å². The van der Waals surface area contributed by atoms with Crippen LogP contribution in [0.3, 0.4) is 0 Å². The summed E-state index contributed by atoms with van der Waals surface area (Å²) in [6.07, 6.45) is 9.20. The number of rotatable bonds is 1. The molecule has 27 heavy (non-hydrogen) atoms. The molecule has 1 saturated carbocycles. The van der Waals surface area contributed by atoms with Crippen molar-refractivity contribution in [2.75, 3.05) is 0 Å². The van der Waals surface area contributed by atoms with Crippen molar-refractivity contribution in [2.24, 2.45) is 7.05 Å². The summed E-state index contributed by atoms with van der Waals surface area (Å²) in [6.45, 7) is 2.16. The van der Waals surface area contributed by atoms with Crippen molar-refractivity contribution in [3.8, 4) is 22.8 Å². The van der Waals surface area contributed by atoms with Crippen molar-refractivity contribution >= 4 is 21.7 Å². The lowest BCUT2D eigenvalue weighted by molar-refractivity contribution is -0.659. The maximum absolute atomic E-state index is 6.49. The number of hydrogen-bond donors (Lipinski definition) is 0. The van der Waals surface area contributed by atoms with Crippen LogP contribution < -0.4 is 9.30 Å². The van der Waals surface area contributed by atoms with Crippen molar-refractivity contribution < 1.29 is 13.7 Å². The van der Waals surface area contributed by atoms with Crippen LogP contribution >= 0.6 is 0 Å². The van der Waals surface area contributed by atoms with Gasteiger partial charge in [0.2, 0.25) is 5.69 Å². The zero-order chi connectivity index (χ0) is 18.1. The van der Waals surface area contributed by atoms with Crippen LogP contribution in [0.25, 0.3) is 33.0 Å². The zero-order valence-corrected chi connectivity index (χ0v) is 15.7. The van der Waals surface area contributed by atoms with Gasteiger partial charge in [-0.25, -0.2) is 4.57 Å². The Bertz CT molecular complexity index is 1230. The Morgan fingerprint density at radius 2 is 1.89 bits per heavy atom. The number of furan rings is 1. The third-order valence-corrected chi connectivity index (χ3v) is 6.49. The lowest BCUT2D eigenvalue weighted by atomic mass is 9.90. The Morgan fingerprint density at radius 3 is 2.74 bits per heavy atom. The highest BCUT2D eigenvalue weighted by molar-refractivity contribution is 6.04. The van der Waals surface area contributed by atoms with Gasteiger partial charge >= 0.3 is 0 Å². The lowest BCUT2D eigenvalue weighted by Crippen LogP contribution is -2.31. The van der Waals surface area contributed by atoms with E-state index in [-0.39, 0.29) is 0 Å². The van der Waals surface area contributed by atoms with Gasteiger partial charge in [0.15, 0.2) is 6.20 Å². The molecule has 1 fully saturated rings. The summed E-state index contributed by atoms with van der Waals surface area (Å²) < 4.78 is 14.4. The first-order chi connectivity index (χ1) is 13.2. The first-order valence-electron chi connectivity index (χ1n) is 9.86. The molecule has 6 rings (SSSR count). The molecule has 4 aromatic rings. The van der Waals surface area contributed by atoms with Crippen LogP contribution in [0.5, 0.6) is 11.5 Å². The molecule has 1 aliphatic carbocycles. The van der Waals surface area contributed by atoms with Crippen LogP contribution in [-0.4, -0.2) is 0 Å². The minimum Gasteiger partial charge on any atom is -0.464 e. The van der Waals surface area contributed by atoms with Gasteiger partial charge in [-0.15, -0.1) is 0 Å². The van der Waals surface area contributed by atoms with Crippen molar-refractivity contribution in [3.63, 3.8) is 0 Å². The number of hydrogen-bond acceptors (Lipinski definition) is 2. The Hall–Kier alpha value is -2.81. The van der Waals surface area contributed by atoms with Gasteiger partial charge < -0.3 is 9.15 Å². The molecule has 0 spiro atoms. The van der Waals surface area contributed by atoms with Crippen LogP contribution in [0.2, 0.25) is 0 Å². The molecule has 0 amide bonds. The second-order valence-electron chi connectivity index (χ2n) is 8.05. The molecular weight excluding hydrogens is 334 g/mol. The van der Waals surface area contributed by atoms with Gasteiger partial charge in [-0.1, -0.05) is 18.9 Å². The molecule has 0 radical (unpaired) electrons. The number of aryl methyl sites for hydroxylation is 2. The topological polar surface area (TPSA) is 26.2 Å². The van der Waals surface area contributed by atoms with Crippen molar-refractivity contribution in [3.05, 3.63) is 53.9 Å². The number of fused-ring (bicyclic) bond motifs is 3. The Labute approximate surface area is 158 Å². The first-order valence-corrected chi connectivity index (χ1v) is 9.86. The van der Waals surface area contributed by atoms with E-state index in [9.17, 15) is 0 Å². The third kappa shape index (κ3) is 2.05. The van der Waals surface area contributed by atoms with Crippen molar-refractivity contribution in [1.82, 2.24) is 0 Å². The molecule has 1 aliphatic heterocycles. The monoisotopic (exact) mass is 356 g/mol.